The molecule has 4 amide bonds. The molecule has 10 heteroatoms. The molecular weight excluding hydrogens is 647 g/mol. The van der Waals surface area contributed by atoms with Crippen LogP contribution in [0.5, 0.6) is 5.75 Å². The number of phenols is 1. The summed E-state index contributed by atoms with van der Waals surface area (Å²) in [5.41, 5.74) is 1.14. The van der Waals surface area contributed by atoms with E-state index in [-0.39, 0.29) is 41.0 Å². The Balaban J connectivity index is 1.29. The second-order valence-corrected chi connectivity index (χ2v) is 14.0. The van der Waals surface area contributed by atoms with Gasteiger partial charge in [-0.3, -0.25) is 28.9 Å². The highest BCUT2D eigenvalue weighted by Crippen LogP contribution is 2.64. The lowest BCUT2D eigenvalue weighted by atomic mass is 9.51. The van der Waals surface area contributed by atoms with Crippen LogP contribution in [-0.4, -0.2) is 34.5 Å². The highest BCUT2D eigenvalue weighted by atomic mass is 35.5. The van der Waals surface area contributed by atoms with Crippen LogP contribution in [0, 0.1) is 34.9 Å². The Bertz CT molecular complexity index is 2200. The number of anilines is 2. The van der Waals surface area contributed by atoms with Gasteiger partial charge in [-0.25, -0.2) is 9.29 Å². The van der Waals surface area contributed by atoms with E-state index < -0.39 is 58.5 Å². The van der Waals surface area contributed by atoms with Crippen molar-refractivity contribution in [2.45, 2.75) is 32.6 Å². The highest BCUT2D eigenvalue weighted by Gasteiger charge is 2.67. The molecule has 8 rings (SSSR count). The van der Waals surface area contributed by atoms with E-state index in [2.05, 4.69) is 0 Å². The maximum Gasteiger partial charge on any atom is 0.241 e. The first-order chi connectivity index (χ1) is 23.4. The minimum atomic E-state index is -1.33. The molecule has 49 heavy (non-hydrogen) atoms. The number of carbonyl (C=O) groups excluding carboxylic acids is 5. The van der Waals surface area contributed by atoms with Gasteiger partial charge in [0.2, 0.25) is 23.6 Å². The Morgan fingerprint density at radius 3 is 2.24 bits per heavy atom. The number of hydrogen-bond donors (Lipinski definition) is 1. The van der Waals surface area contributed by atoms with Gasteiger partial charge in [0.25, 0.3) is 0 Å². The number of amides is 4. The number of rotatable bonds is 4. The average molecular weight is 677 g/mol. The van der Waals surface area contributed by atoms with Gasteiger partial charge in [0.1, 0.15) is 11.6 Å². The van der Waals surface area contributed by atoms with Gasteiger partial charge in [0.05, 0.1) is 39.6 Å². The van der Waals surface area contributed by atoms with Crippen LogP contribution in [-0.2, 0) is 19.2 Å². The van der Waals surface area contributed by atoms with Gasteiger partial charge >= 0.3 is 0 Å². The van der Waals surface area contributed by atoms with E-state index in [0.717, 1.165) is 16.5 Å². The largest absolute Gasteiger partial charge is 0.507 e. The van der Waals surface area contributed by atoms with E-state index in [0.29, 0.717) is 27.6 Å². The number of Topliss-reactive ketones (excluding diaryl/α,β-unsaturated/α-hetero) is 1. The number of hydrogen-bond acceptors (Lipinski definition) is 6. The van der Waals surface area contributed by atoms with E-state index >= 15 is 0 Å². The molecule has 2 aliphatic heterocycles. The van der Waals surface area contributed by atoms with Crippen LogP contribution in [0.25, 0.3) is 10.8 Å². The van der Waals surface area contributed by atoms with E-state index in [1.807, 2.05) is 18.2 Å². The molecule has 2 heterocycles. The number of phenolic OH excluding ortho intramolecular Hbond substituents is 1. The molecule has 246 valence electrons. The quantitative estimate of drug-likeness (QED) is 0.142. The van der Waals surface area contributed by atoms with Crippen LogP contribution in [0.3, 0.4) is 0 Å². The maximum atomic E-state index is 14.7. The number of imide groups is 2. The van der Waals surface area contributed by atoms with Crippen LogP contribution in [0.4, 0.5) is 15.8 Å². The number of allylic oxidation sites excluding steroid dienone is 2. The van der Waals surface area contributed by atoms with Crippen molar-refractivity contribution in [2.75, 3.05) is 9.80 Å². The van der Waals surface area contributed by atoms with E-state index in [9.17, 15) is 33.5 Å². The van der Waals surface area contributed by atoms with E-state index in [1.165, 1.54) is 24.0 Å². The van der Waals surface area contributed by atoms with Crippen molar-refractivity contribution < 1.29 is 33.5 Å². The number of aromatic hydroxyl groups is 1. The van der Waals surface area contributed by atoms with E-state index in [4.69, 9.17) is 11.6 Å². The first kappa shape index (κ1) is 31.1. The normalized spacial score (nSPS) is 27.7. The molecule has 0 spiro atoms. The fraction of sp³-hybridized carbons (Fsp3) is 0.256. The fourth-order valence-electron chi connectivity index (χ4n) is 8.89. The van der Waals surface area contributed by atoms with Crippen LogP contribution in [0.1, 0.15) is 48.5 Å². The second-order valence-electron chi connectivity index (χ2n) is 13.6. The molecular formula is C39H30ClFN2O6. The van der Waals surface area contributed by atoms with Crippen molar-refractivity contribution in [1.82, 2.24) is 0 Å². The van der Waals surface area contributed by atoms with Crippen LogP contribution < -0.4 is 9.80 Å². The molecule has 4 aromatic rings. The first-order valence-corrected chi connectivity index (χ1v) is 16.5. The van der Waals surface area contributed by atoms with Crippen LogP contribution >= 0.6 is 11.6 Å². The monoisotopic (exact) mass is 676 g/mol. The van der Waals surface area contributed by atoms with Crippen molar-refractivity contribution in [1.29, 1.82) is 0 Å². The summed E-state index contributed by atoms with van der Waals surface area (Å²) in [5, 5.41) is 11.8. The summed E-state index contributed by atoms with van der Waals surface area (Å²) >= 11 is 6.11. The summed E-state index contributed by atoms with van der Waals surface area (Å²) < 4.78 is 14.2. The molecule has 6 atom stereocenters. The third-order valence-electron chi connectivity index (χ3n) is 11.2. The first-order valence-electron chi connectivity index (χ1n) is 16.2. The summed E-state index contributed by atoms with van der Waals surface area (Å²) in [6.07, 6.45) is 2.36. The fourth-order valence-corrected chi connectivity index (χ4v) is 9.06. The van der Waals surface area contributed by atoms with Crippen molar-refractivity contribution in [3.63, 3.8) is 0 Å². The molecule has 0 unspecified atom stereocenters. The molecule has 0 radical (unpaired) electrons. The third-order valence-corrected chi connectivity index (χ3v) is 11.5. The molecule has 4 aromatic carbocycles. The summed E-state index contributed by atoms with van der Waals surface area (Å²) in [7, 11) is 0. The Morgan fingerprint density at radius 1 is 0.857 bits per heavy atom. The molecule has 0 aromatic heterocycles. The molecule has 2 saturated heterocycles. The molecule has 3 fully saturated rings. The predicted octanol–water partition coefficient (Wildman–Crippen LogP) is 6.98. The topological polar surface area (TPSA) is 112 Å². The molecule has 1 N–H and O–H groups in total. The summed E-state index contributed by atoms with van der Waals surface area (Å²) in [6.45, 7) is 3.21. The number of fused-ring (bicyclic) bond motifs is 5. The van der Waals surface area contributed by atoms with Crippen molar-refractivity contribution >= 4 is 63.2 Å². The molecule has 4 aliphatic rings. The summed E-state index contributed by atoms with van der Waals surface area (Å²) in [5.74, 6) is -6.08. The number of nitrogens with zero attached hydrogens (tertiary/aromatic N) is 2. The average Bonchev–Trinajstić information content (AvgIpc) is 3.46. The SMILES string of the molecule is CC(=O)c1ccc(N2C(=O)[C@H]3[C@H](CC=C4[C@H]3C[C@H]3C(=O)N(c5ccc(F)c(Cl)c5)C(=O)[C@@]3(C)[C@H]4c3ccc(O)c4ccccc34)C2=O)cc1. The highest BCUT2D eigenvalue weighted by molar-refractivity contribution is 6.32. The minimum Gasteiger partial charge on any atom is -0.507 e. The molecule has 0 bridgehead atoms. The zero-order valence-electron chi connectivity index (χ0n) is 26.5. The van der Waals surface area contributed by atoms with Crippen molar-refractivity contribution in [3.8, 4) is 5.75 Å². The zero-order chi connectivity index (χ0) is 34.5. The number of carbonyl (C=O) groups is 5. The van der Waals surface area contributed by atoms with Crippen molar-refractivity contribution in [3.05, 3.63) is 112 Å². The van der Waals surface area contributed by atoms with Gasteiger partial charge < -0.3 is 5.11 Å². The molecule has 1 saturated carbocycles. The third kappa shape index (κ3) is 4.31. The van der Waals surface area contributed by atoms with Gasteiger partial charge in [0.15, 0.2) is 5.78 Å². The Morgan fingerprint density at radius 2 is 1.55 bits per heavy atom. The standard InChI is InChI=1S/C39H30ClFN2O6/c1-19(44)20-7-9-21(10-8-20)42-35(46)27-13-12-26-28(33(27)37(42)48)18-29-36(47)43(22-11-15-31(41)30(40)17-22)38(49)39(29,2)34(26)25-14-16-32(45)24-6-4-3-5-23(24)25/h3-12,14-17,27-29,33-34,45H,13,18H2,1-2H3/t27-,28+,29-,33-,34-,39+/m0/s1. The van der Waals surface area contributed by atoms with Crippen LogP contribution in [0.15, 0.2) is 90.5 Å². The lowest BCUT2D eigenvalue weighted by molar-refractivity contribution is -0.131. The van der Waals surface area contributed by atoms with Gasteiger partial charge in [0, 0.05) is 16.9 Å². The lowest BCUT2D eigenvalue weighted by Crippen LogP contribution is -2.49. The lowest BCUT2D eigenvalue weighted by Gasteiger charge is -2.49. The van der Waals surface area contributed by atoms with Gasteiger partial charge in [-0.05, 0) is 92.1 Å². The zero-order valence-corrected chi connectivity index (χ0v) is 27.3. The minimum absolute atomic E-state index is 0.0607. The predicted molar refractivity (Wildman–Crippen MR) is 181 cm³/mol. The van der Waals surface area contributed by atoms with Crippen LogP contribution in [0.2, 0.25) is 5.02 Å². The molecule has 8 nitrogen and oxygen atoms in total. The molecule has 2 aliphatic carbocycles. The second kappa shape index (κ2) is 10.9. The maximum absolute atomic E-state index is 14.7. The van der Waals surface area contributed by atoms with Gasteiger partial charge in [-0.15, -0.1) is 0 Å². The Hall–Kier alpha value is -5.15. The Labute approximate surface area is 285 Å². The van der Waals surface area contributed by atoms with Gasteiger partial charge in [-0.1, -0.05) is 53.6 Å². The van der Waals surface area contributed by atoms with Crippen molar-refractivity contribution in [2.24, 2.45) is 29.1 Å². The van der Waals surface area contributed by atoms with E-state index in [1.54, 1.807) is 55.5 Å². The smallest absolute Gasteiger partial charge is 0.241 e. The van der Waals surface area contributed by atoms with Gasteiger partial charge in [-0.2, -0.15) is 0 Å². The number of benzene rings is 4. The summed E-state index contributed by atoms with van der Waals surface area (Å²) in [6, 6.07) is 20.7. The Kier molecular flexibility index (Phi) is 6.95. The number of ketones is 1. The number of halogens is 2. The summed E-state index contributed by atoms with van der Waals surface area (Å²) in [4.78, 5) is 71.6.